The predicted molar refractivity (Wildman–Crippen MR) is 75.0 cm³/mol. The fourth-order valence-corrected chi connectivity index (χ4v) is 1.89. The van der Waals surface area contributed by atoms with E-state index in [-0.39, 0.29) is 0 Å². The maximum Gasteiger partial charge on any atom is 0.333 e. The van der Waals surface area contributed by atoms with Crippen LogP contribution in [-0.4, -0.2) is 15.9 Å². The van der Waals surface area contributed by atoms with Gasteiger partial charge in [-0.1, -0.05) is 25.1 Å². The number of aromatic amines is 1. The summed E-state index contributed by atoms with van der Waals surface area (Å²) in [6, 6.07) is 5.39. The number of carbonyl (C=O) groups is 1. The minimum atomic E-state index is -0.412. The van der Waals surface area contributed by atoms with Crippen molar-refractivity contribution in [3.05, 3.63) is 41.2 Å². The van der Waals surface area contributed by atoms with Gasteiger partial charge in [-0.05, 0) is 31.5 Å². The number of benzene rings is 1. The third-order valence-electron chi connectivity index (χ3n) is 2.74. The standard InChI is InChI=1S/C14H15ClN2O2/c1-4-12(19-14(18)8(2)3)13-16-10-6-5-9(15)7-11(10)17-13/h5-7,12H,2,4H2,1,3H3,(H,16,17). The maximum absolute atomic E-state index is 11.6. The highest BCUT2D eigenvalue weighted by molar-refractivity contribution is 6.31. The zero-order valence-corrected chi connectivity index (χ0v) is 11.6. The monoisotopic (exact) mass is 278 g/mol. The first kappa shape index (κ1) is 13.6. The van der Waals surface area contributed by atoms with E-state index in [4.69, 9.17) is 16.3 Å². The Bertz CT molecular complexity index is 633. The van der Waals surface area contributed by atoms with Gasteiger partial charge in [-0.15, -0.1) is 0 Å². The molecule has 0 aliphatic heterocycles. The number of aromatic nitrogens is 2. The average Bonchev–Trinajstić information content (AvgIpc) is 2.77. The van der Waals surface area contributed by atoms with Gasteiger partial charge in [0.1, 0.15) is 5.82 Å². The minimum absolute atomic E-state index is 0.373. The lowest BCUT2D eigenvalue weighted by Crippen LogP contribution is -2.12. The van der Waals surface area contributed by atoms with Gasteiger partial charge in [0.05, 0.1) is 11.0 Å². The maximum atomic E-state index is 11.6. The summed E-state index contributed by atoms with van der Waals surface area (Å²) in [6.45, 7) is 7.11. The molecule has 0 fully saturated rings. The predicted octanol–water partition coefficient (Wildman–Crippen LogP) is 3.79. The van der Waals surface area contributed by atoms with Crippen LogP contribution in [0.25, 0.3) is 11.0 Å². The highest BCUT2D eigenvalue weighted by atomic mass is 35.5. The van der Waals surface area contributed by atoms with Gasteiger partial charge in [0.15, 0.2) is 6.10 Å². The number of nitrogens with one attached hydrogen (secondary N) is 1. The van der Waals surface area contributed by atoms with Crippen molar-refractivity contribution >= 4 is 28.6 Å². The van der Waals surface area contributed by atoms with E-state index < -0.39 is 12.1 Å². The number of halogens is 1. The van der Waals surface area contributed by atoms with Gasteiger partial charge in [-0.25, -0.2) is 9.78 Å². The number of H-pyrrole nitrogens is 1. The molecule has 2 rings (SSSR count). The Hall–Kier alpha value is -1.81. The molecule has 1 unspecified atom stereocenters. The summed E-state index contributed by atoms with van der Waals surface area (Å²) in [6.07, 6.45) is 0.224. The first-order valence-electron chi connectivity index (χ1n) is 6.03. The van der Waals surface area contributed by atoms with Crippen LogP contribution in [0.15, 0.2) is 30.4 Å². The second kappa shape index (κ2) is 5.45. The smallest absolute Gasteiger partial charge is 0.333 e. The molecule has 0 bridgehead atoms. The van der Waals surface area contributed by atoms with Gasteiger partial charge in [-0.3, -0.25) is 0 Å². The van der Waals surface area contributed by atoms with Gasteiger partial charge >= 0.3 is 5.97 Å². The Morgan fingerprint density at radius 2 is 2.32 bits per heavy atom. The number of esters is 1. The van der Waals surface area contributed by atoms with Crippen LogP contribution in [0.5, 0.6) is 0 Å². The molecule has 0 saturated carbocycles. The number of carbonyl (C=O) groups excluding carboxylic acids is 1. The number of ether oxygens (including phenoxy) is 1. The lowest BCUT2D eigenvalue weighted by molar-refractivity contribution is -0.145. The van der Waals surface area contributed by atoms with E-state index in [0.29, 0.717) is 22.8 Å². The van der Waals surface area contributed by atoms with E-state index >= 15 is 0 Å². The zero-order chi connectivity index (χ0) is 14.0. The summed E-state index contributed by atoms with van der Waals surface area (Å²) >= 11 is 5.92. The molecule has 5 heteroatoms. The summed E-state index contributed by atoms with van der Waals surface area (Å²) in [5.74, 6) is 0.208. The Morgan fingerprint density at radius 3 is 2.95 bits per heavy atom. The van der Waals surface area contributed by atoms with Crippen molar-refractivity contribution in [3.8, 4) is 0 Å². The molecule has 1 N–H and O–H groups in total. The fourth-order valence-electron chi connectivity index (χ4n) is 1.72. The molecule has 0 spiro atoms. The van der Waals surface area contributed by atoms with Crippen molar-refractivity contribution in [2.75, 3.05) is 0 Å². The molecule has 1 heterocycles. The third-order valence-corrected chi connectivity index (χ3v) is 2.97. The molecule has 100 valence electrons. The van der Waals surface area contributed by atoms with Crippen molar-refractivity contribution in [3.63, 3.8) is 0 Å². The van der Waals surface area contributed by atoms with Gasteiger partial charge < -0.3 is 9.72 Å². The van der Waals surface area contributed by atoms with Crippen LogP contribution in [-0.2, 0) is 9.53 Å². The van der Waals surface area contributed by atoms with Gasteiger partial charge in [0.2, 0.25) is 0 Å². The summed E-state index contributed by atoms with van der Waals surface area (Å²) in [5, 5.41) is 0.634. The number of nitrogens with zero attached hydrogens (tertiary/aromatic N) is 1. The van der Waals surface area contributed by atoms with Crippen molar-refractivity contribution < 1.29 is 9.53 Å². The van der Waals surface area contributed by atoms with E-state index in [1.807, 2.05) is 13.0 Å². The molecule has 0 amide bonds. The van der Waals surface area contributed by atoms with Crippen molar-refractivity contribution in [1.29, 1.82) is 0 Å². The number of imidazole rings is 1. The number of hydrogen-bond acceptors (Lipinski definition) is 3. The lowest BCUT2D eigenvalue weighted by Gasteiger charge is -2.13. The zero-order valence-electron chi connectivity index (χ0n) is 10.9. The Balaban J connectivity index is 2.30. The summed E-state index contributed by atoms with van der Waals surface area (Å²) in [7, 11) is 0. The minimum Gasteiger partial charge on any atom is -0.451 e. The van der Waals surface area contributed by atoms with Gasteiger partial charge in [0.25, 0.3) is 0 Å². The number of fused-ring (bicyclic) bond motifs is 1. The molecular weight excluding hydrogens is 264 g/mol. The molecule has 0 saturated heterocycles. The van der Waals surface area contributed by atoms with Crippen LogP contribution < -0.4 is 0 Å². The van der Waals surface area contributed by atoms with Crippen molar-refractivity contribution in [1.82, 2.24) is 9.97 Å². The first-order valence-corrected chi connectivity index (χ1v) is 6.40. The van der Waals surface area contributed by atoms with Crippen molar-refractivity contribution in [2.45, 2.75) is 26.4 Å². The van der Waals surface area contributed by atoms with Gasteiger partial charge in [0, 0.05) is 10.6 Å². The van der Waals surface area contributed by atoms with Crippen LogP contribution in [0.3, 0.4) is 0 Å². The molecule has 0 radical (unpaired) electrons. The molecule has 1 aromatic carbocycles. The fraction of sp³-hybridized carbons (Fsp3) is 0.286. The van der Waals surface area contributed by atoms with E-state index in [2.05, 4.69) is 16.5 Å². The SMILES string of the molecule is C=C(C)C(=O)OC(CC)c1nc2ccc(Cl)cc2[nH]1. The Morgan fingerprint density at radius 1 is 1.58 bits per heavy atom. The summed E-state index contributed by atoms with van der Waals surface area (Å²) < 4.78 is 5.34. The van der Waals surface area contributed by atoms with Crippen LogP contribution >= 0.6 is 11.6 Å². The number of rotatable bonds is 4. The highest BCUT2D eigenvalue weighted by Gasteiger charge is 2.19. The first-order chi connectivity index (χ1) is 9.01. The molecule has 2 aromatic rings. The van der Waals surface area contributed by atoms with E-state index in [1.54, 1.807) is 19.1 Å². The van der Waals surface area contributed by atoms with Gasteiger partial charge in [-0.2, -0.15) is 0 Å². The molecule has 1 atom stereocenters. The quantitative estimate of drug-likeness (QED) is 0.684. The van der Waals surface area contributed by atoms with E-state index in [1.165, 1.54) is 0 Å². The van der Waals surface area contributed by atoms with Crippen LogP contribution in [0, 0.1) is 0 Å². The Kier molecular flexibility index (Phi) is 3.90. The van der Waals surface area contributed by atoms with E-state index in [0.717, 1.165) is 11.0 Å². The summed E-state index contributed by atoms with van der Waals surface area (Å²) in [5.41, 5.74) is 1.99. The Labute approximate surface area is 116 Å². The van der Waals surface area contributed by atoms with Crippen LogP contribution in [0.4, 0.5) is 0 Å². The molecule has 4 nitrogen and oxygen atoms in total. The lowest BCUT2D eigenvalue weighted by atomic mass is 10.2. The third kappa shape index (κ3) is 2.96. The molecule has 0 aliphatic carbocycles. The average molecular weight is 279 g/mol. The normalized spacial score (nSPS) is 12.4. The summed E-state index contributed by atoms with van der Waals surface area (Å²) in [4.78, 5) is 19.1. The topological polar surface area (TPSA) is 55.0 Å². The second-order valence-electron chi connectivity index (χ2n) is 4.37. The number of hydrogen-bond donors (Lipinski definition) is 1. The van der Waals surface area contributed by atoms with Crippen molar-refractivity contribution in [2.24, 2.45) is 0 Å². The largest absolute Gasteiger partial charge is 0.451 e. The molecular formula is C14H15ClN2O2. The molecule has 0 aliphatic rings. The van der Waals surface area contributed by atoms with Crippen LogP contribution in [0.1, 0.15) is 32.2 Å². The van der Waals surface area contributed by atoms with E-state index in [9.17, 15) is 4.79 Å². The molecule has 1 aromatic heterocycles. The van der Waals surface area contributed by atoms with Crippen LogP contribution in [0.2, 0.25) is 5.02 Å². The highest BCUT2D eigenvalue weighted by Crippen LogP contribution is 2.24. The molecule has 19 heavy (non-hydrogen) atoms. The second-order valence-corrected chi connectivity index (χ2v) is 4.80.